The van der Waals surface area contributed by atoms with E-state index in [2.05, 4.69) is 5.32 Å². The molecule has 14 heavy (non-hydrogen) atoms. The number of aliphatic hydroxyl groups excluding tert-OH is 1. The molecule has 0 saturated carbocycles. The summed E-state index contributed by atoms with van der Waals surface area (Å²) in [5.41, 5.74) is 4.79. The first-order valence-corrected chi connectivity index (χ1v) is 4.90. The van der Waals surface area contributed by atoms with E-state index in [0.29, 0.717) is 13.1 Å². The average molecular weight is 201 g/mol. The minimum absolute atomic E-state index is 0.00738. The standard InChI is InChI=1S/C9H19N3O2/c1-9(2)8(14)11-3-4-12(9)6-7(13)5-10/h7,13H,3-6,10H2,1-2H3,(H,11,14). The molecule has 0 bridgehead atoms. The molecule has 0 aromatic heterocycles. The van der Waals surface area contributed by atoms with E-state index in [1.165, 1.54) is 0 Å². The van der Waals surface area contributed by atoms with Crippen molar-refractivity contribution in [2.24, 2.45) is 5.73 Å². The predicted molar refractivity (Wildman–Crippen MR) is 53.7 cm³/mol. The maximum Gasteiger partial charge on any atom is 0.240 e. The Hall–Kier alpha value is -0.650. The first kappa shape index (κ1) is 11.4. The third kappa shape index (κ3) is 2.23. The maximum atomic E-state index is 11.5. The molecular weight excluding hydrogens is 182 g/mol. The largest absolute Gasteiger partial charge is 0.390 e. The number of hydrogen-bond donors (Lipinski definition) is 3. The third-order valence-electron chi connectivity index (χ3n) is 2.72. The van der Waals surface area contributed by atoms with Crippen LogP contribution in [-0.2, 0) is 4.79 Å². The second-order valence-corrected chi connectivity index (χ2v) is 4.15. The second kappa shape index (κ2) is 4.25. The van der Waals surface area contributed by atoms with Gasteiger partial charge in [0.1, 0.15) is 0 Å². The lowest BCUT2D eigenvalue weighted by atomic mass is 9.98. The van der Waals surface area contributed by atoms with E-state index in [4.69, 9.17) is 5.73 Å². The summed E-state index contributed by atoms with van der Waals surface area (Å²) in [4.78, 5) is 13.5. The molecule has 1 amide bonds. The van der Waals surface area contributed by atoms with Gasteiger partial charge >= 0.3 is 0 Å². The van der Waals surface area contributed by atoms with Crippen LogP contribution < -0.4 is 11.1 Å². The molecule has 1 atom stereocenters. The Morgan fingerprint density at radius 1 is 1.71 bits per heavy atom. The van der Waals surface area contributed by atoms with Crippen LogP contribution in [-0.4, -0.2) is 53.7 Å². The summed E-state index contributed by atoms with van der Waals surface area (Å²) in [6.45, 7) is 5.79. The topological polar surface area (TPSA) is 78.6 Å². The molecule has 1 rings (SSSR count). The molecule has 1 aliphatic rings. The Bertz CT molecular complexity index is 218. The Morgan fingerprint density at radius 3 is 2.93 bits per heavy atom. The Balaban J connectivity index is 2.62. The van der Waals surface area contributed by atoms with Gasteiger partial charge in [0.15, 0.2) is 0 Å². The number of carbonyl (C=O) groups excluding carboxylic acids is 1. The summed E-state index contributed by atoms with van der Waals surface area (Å²) in [5.74, 6) is 0.00738. The highest BCUT2D eigenvalue weighted by Crippen LogP contribution is 2.17. The molecule has 1 unspecified atom stereocenters. The molecule has 5 nitrogen and oxygen atoms in total. The second-order valence-electron chi connectivity index (χ2n) is 4.15. The lowest BCUT2D eigenvalue weighted by Gasteiger charge is -2.41. The Labute approximate surface area is 84.3 Å². The third-order valence-corrected chi connectivity index (χ3v) is 2.72. The number of nitrogens with two attached hydrogens (primary N) is 1. The van der Waals surface area contributed by atoms with Gasteiger partial charge in [-0.05, 0) is 13.8 Å². The van der Waals surface area contributed by atoms with Crippen LogP contribution in [0.4, 0.5) is 0 Å². The molecule has 0 aromatic carbocycles. The van der Waals surface area contributed by atoms with Crippen molar-refractivity contribution >= 4 is 5.91 Å². The summed E-state index contributed by atoms with van der Waals surface area (Å²) in [7, 11) is 0. The van der Waals surface area contributed by atoms with E-state index in [-0.39, 0.29) is 12.5 Å². The molecule has 1 saturated heterocycles. The fraction of sp³-hybridized carbons (Fsp3) is 0.889. The van der Waals surface area contributed by atoms with Crippen LogP contribution in [0, 0.1) is 0 Å². The number of hydrogen-bond acceptors (Lipinski definition) is 4. The van der Waals surface area contributed by atoms with Crippen LogP contribution in [0.5, 0.6) is 0 Å². The molecule has 0 radical (unpaired) electrons. The minimum atomic E-state index is -0.555. The Morgan fingerprint density at radius 2 is 2.36 bits per heavy atom. The molecule has 0 aromatic rings. The molecule has 4 N–H and O–H groups in total. The predicted octanol–water partition coefficient (Wildman–Crippen LogP) is -1.48. The summed E-state index contributed by atoms with van der Waals surface area (Å²) in [5, 5.41) is 12.2. The fourth-order valence-corrected chi connectivity index (χ4v) is 1.59. The van der Waals surface area contributed by atoms with Crippen molar-refractivity contribution in [1.29, 1.82) is 0 Å². The van der Waals surface area contributed by atoms with Crippen molar-refractivity contribution in [2.75, 3.05) is 26.2 Å². The monoisotopic (exact) mass is 201 g/mol. The normalized spacial score (nSPS) is 24.4. The number of piperazine rings is 1. The molecular formula is C9H19N3O2. The summed E-state index contributed by atoms with van der Waals surface area (Å²) >= 11 is 0. The van der Waals surface area contributed by atoms with E-state index in [0.717, 1.165) is 6.54 Å². The quantitative estimate of drug-likeness (QED) is 0.520. The number of β-amino-alcohol motifs (C(OH)–C–C–N with tert-alkyl or cyclic N) is 1. The van der Waals surface area contributed by atoms with Gasteiger partial charge in [0.05, 0.1) is 11.6 Å². The molecule has 1 aliphatic heterocycles. The van der Waals surface area contributed by atoms with E-state index in [1.807, 2.05) is 18.7 Å². The van der Waals surface area contributed by atoms with Gasteiger partial charge in [-0.1, -0.05) is 0 Å². The van der Waals surface area contributed by atoms with Crippen LogP contribution >= 0.6 is 0 Å². The number of carbonyl (C=O) groups is 1. The molecule has 1 heterocycles. The zero-order valence-electron chi connectivity index (χ0n) is 8.79. The van der Waals surface area contributed by atoms with Gasteiger partial charge in [0.2, 0.25) is 5.91 Å². The fourth-order valence-electron chi connectivity index (χ4n) is 1.59. The number of amides is 1. The average Bonchev–Trinajstić information content (AvgIpc) is 2.13. The SMILES string of the molecule is CC1(C)C(=O)NCCN1CC(O)CN. The van der Waals surface area contributed by atoms with Crippen LogP contribution in [0.1, 0.15) is 13.8 Å². The number of nitrogens with one attached hydrogen (secondary N) is 1. The smallest absolute Gasteiger partial charge is 0.240 e. The lowest BCUT2D eigenvalue weighted by Crippen LogP contribution is -2.63. The first-order valence-electron chi connectivity index (χ1n) is 4.90. The first-order chi connectivity index (χ1) is 6.48. The van der Waals surface area contributed by atoms with Crippen molar-refractivity contribution in [3.8, 4) is 0 Å². The van der Waals surface area contributed by atoms with Crippen molar-refractivity contribution in [2.45, 2.75) is 25.5 Å². The van der Waals surface area contributed by atoms with E-state index in [1.54, 1.807) is 0 Å². The highest BCUT2D eigenvalue weighted by molar-refractivity contribution is 5.86. The Kier molecular flexibility index (Phi) is 3.47. The van der Waals surface area contributed by atoms with Gasteiger partial charge in [0.25, 0.3) is 0 Å². The zero-order valence-corrected chi connectivity index (χ0v) is 8.79. The minimum Gasteiger partial charge on any atom is -0.390 e. The van der Waals surface area contributed by atoms with Gasteiger partial charge in [-0.25, -0.2) is 0 Å². The maximum absolute atomic E-state index is 11.5. The van der Waals surface area contributed by atoms with Crippen LogP contribution in [0.15, 0.2) is 0 Å². The lowest BCUT2D eigenvalue weighted by molar-refractivity contribution is -0.135. The van der Waals surface area contributed by atoms with E-state index >= 15 is 0 Å². The van der Waals surface area contributed by atoms with Crippen LogP contribution in [0.2, 0.25) is 0 Å². The van der Waals surface area contributed by atoms with E-state index < -0.39 is 11.6 Å². The van der Waals surface area contributed by atoms with Crippen molar-refractivity contribution in [3.05, 3.63) is 0 Å². The summed E-state index contributed by atoms with van der Waals surface area (Å²) in [6, 6.07) is 0. The molecule has 0 aliphatic carbocycles. The molecule has 82 valence electrons. The highest BCUT2D eigenvalue weighted by Gasteiger charge is 2.37. The number of nitrogens with zero attached hydrogens (tertiary/aromatic N) is 1. The van der Waals surface area contributed by atoms with Gasteiger partial charge in [-0.3, -0.25) is 9.69 Å². The highest BCUT2D eigenvalue weighted by atomic mass is 16.3. The number of rotatable bonds is 3. The van der Waals surface area contributed by atoms with Crippen LogP contribution in [0.25, 0.3) is 0 Å². The van der Waals surface area contributed by atoms with Gasteiger partial charge in [0, 0.05) is 26.2 Å². The van der Waals surface area contributed by atoms with Gasteiger partial charge in [-0.2, -0.15) is 0 Å². The summed E-state index contributed by atoms with van der Waals surface area (Å²) < 4.78 is 0. The van der Waals surface area contributed by atoms with Gasteiger partial charge < -0.3 is 16.2 Å². The molecule has 5 heteroatoms. The van der Waals surface area contributed by atoms with Gasteiger partial charge in [-0.15, -0.1) is 0 Å². The molecule has 0 spiro atoms. The summed E-state index contributed by atoms with van der Waals surface area (Å²) in [6.07, 6.45) is -0.555. The number of aliphatic hydroxyl groups is 1. The molecule has 1 fully saturated rings. The van der Waals surface area contributed by atoms with E-state index in [9.17, 15) is 9.90 Å². The van der Waals surface area contributed by atoms with Crippen molar-refractivity contribution in [3.63, 3.8) is 0 Å². The zero-order chi connectivity index (χ0) is 10.8. The van der Waals surface area contributed by atoms with Crippen molar-refractivity contribution in [1.82, 2.24) is 10.2 Å². The van der Waals surface area contributed by atoms with Crippen LogP contribution in [0.3, 0.4) is 0 Å². The van der Waals surface area contributed by atoms with Crippen molar-refractivity contribution < 1.29 is 9.90 Å².